The standard InChI is InChI=1S/C33H32N4O6S/c1-20(2)43-19-28-36-32(39)30(33(40)37(28)29(23-11-12-23)24-8-6-7-21(17-24)18-34)44(41,42)25-15-13-22(14-16-25)26-9-4-5-10-27(26)31(38)35-3/h4-10,13-17,20,23,29,39H,11-12,19H2,1-3H3,(H,35,38)/t29-/m0/s1. The second-order valence-electron chi connectivity index (χ2n) is 10.9. The zero-order valence-corrected chi connectivity index (χ0v) is 25.3. The predicted molar refractivity (Wildman–Crippen MR) is 163 cm³/mol. The van der Waals surface area contributed by atoms with Crippen LogP contribution in [0.2, 0.25) is 0 Å². The molecule has 1 amide bonds. The van der Waals surface area contributed by atoms with Crippen molar-refractivity contribution in [2.24, 2.45) is 5.92 Å². The van der Waals surface area contributed by atoms with Crippen LogP contribution < -0.4 is 10.9 Å². The molecular weight excluding hydrogens is 580 g/mol. The highest BCUT2D eigenvalue weighted by Crippen LogP contribution is 2.44. The van der Waals surface area contributed by atoms with Gasteiger partial charge in [-0.05, 0) is 79.6 Å². The van der Waals surface area contributed by atoms with Crippen molar-refractivity contribution < 1.29 is 23.1 Å². The minimum absolute atomic E-state index is 0.000937. The van der Waals surface area contributed by atoms with Crippen LogP contribution >= 0.6 is 0 Å². The molecule has 0 unspecified atom stereocenters. The average molecular weight is 613 g/mol. The monoisotopic (exact) mass is 612 g/mol. The average Bonchev–Trinajstić information content (AvgIpc) is 3.86. The van der Waals surface area contributed by atoms with Gasteiger partial charge in [0.1, 0.15) is 12.4 Å². The lowest BCUT2D eigenvalue weighted by Crippen LogP contribution is -2.35. The van der Waals surface area contributed by atoms with E-state index in [1.165, 1.54) is 23.7 Å². The zero-order chi connectivity index (χ0) is 31.6. The second-order valence-corrected chi connectivity index (χ2v) is 12.8. The molecule has 1 saturated carbocycles. The van der Waals surface area contributed by atoms with E-state index >= 15 is 0 Å². The third kappa shape index (κ3) is 6.00. The van der Waals surface area contributed by atoms with Crippen molar-refractivity contribution in [1.29, 1.82) is 5.26 Å². The lowest BCUT2D eigenvalue weighted by molar-refractivity contribution is 0.0571. The van der Waals surface area contributed by atoms with Gasteiger partial charge in [0.05, 0.1) is 28.7 Å². The number of rotatable bonds is 10. The van der Waals surface area contributed by atoms with Gasteiger partial charge in [0, 0.05) is 12.6 Å². The van der Waals surface area contributed by atoms with Crippen molar-refractivity contribution >= 4 is 15.7 Å². The summed E-state index contributed by atoms with van der Waals surface area (Å²) in [5.41, 5.74) is 1.75. The van der Waals surface area contributed by atoms with Gasteiger partial charge in [-0.2, -0.15) is 10.2 Å². The van der Waals surface area contributed by atoms with E-state index in [4.69, 9.17) is 4.74 Å². The first-order valence-electron chi connectivity index (χ1n) is 14.2. The quantitative estimate of drug-likeness (QED) is 0.264. The first-order chi connectivity index (χ1) is 21.1. The fraction of sp³-hybridized carbons (Fsp3) is 0.273. The molecule has 1 aliphatic carbocycles. The molecule has 0 bridgehead atoms. The van der Waals surface area contributed by atoms with Crippen molar-refractivity contribution in [2.75, 3.05) is 7.05 Å². The van der Waals surface area contributed by atoms with Crippen LogP contribution in [0, 0.1) is 17.2 Å². The zero-order valence-electron chi connectivity index (χ0n) is 24.5. The SMILES string of the molecule is CNC(=O)c1ccccc1-c1ccc(S(=O)(=O)c2c(O)nc(COC(C)C)n([C@H](c3cccc(C#N)c3)C3CC3)c2=O)cc1. The van der Waals surface area contributed by atoms with E-state index < -0.39 is 32.2 Å². The van der Waals surface area contributed by atoms with Crippen LogP contribution in [0.15, 0.2) is 87.4 Å². The maximum absolute atomic E-state index is 14.2. The molecule has 2 N–H and O–H groups in total. The van der Waals surface area contributed by atoms with Crippen LogP contribution in [0.3, 0.4) is 0 Å². The van der Waals surface area contributed by atoms with E-state index in [2.05, 4.69) is 16.4 Å². The molecule has 1 aromatic heterocycles. The van der Waals surface area contributed by atoms with Crippen LogP contribution in [0.1, 0.15) is 60.0 Å². The van der Waals surface area contributed by atoms with Gasteiger partial charge in [0.15, 0.2) is 4.90 Å². The Morgan fingerprint density at radius 1 is 1.11 bits per heavy atom. The predicted octanol–water partition coefficient (Wildman–Crippen LogP) is 4.60. The summed E-state index contributed by atoms with van der Waals surface area (Å²) in [7, 11) is -3.03. The summed E-state index contributed by atoms with van der Waals surface area (Å²) >= 11 is 0. The van der Waals surface area contributed by atoms with Gasteiger partial charge in [0.25, 0.3) is 11.5 Å². The molecule has 11 heteroatoms. The van der Waals surface area contributed by atoms with Crippen molar-refractivity contribution in [2.45, 2.75) is 55.2 Å². The Bertz CT molecular complexity index is 1920. The van der Waals surface area contributed by atoms with E-state index in [0.29, 0.717) is 27.8 Å². The fourth-order valence-corrected chi connectivity index (χ4v) is 6.59. The van der Waals surface area contributed by atoms with Crippen LogP contribution in [0.25, 0.3) is 11.1 Å². The molecule has 0 saturated heterocycles. The Labute approximate surface area is 255 Å². The Morgan fingerprint density at radius 2 is 1.82 bits per heavy atom. The number of carbonyl (C=O) groups excluding carboxylic acids is 1. The van der Waals surface area contributed by atoms with E-state index in [0.717, 1.165) is 12.8 Å². The number of carbonyl (C=O) groups is 1. The van der Waals surface area contributed by atoms with Crippen LogP contribution in [-0.4, -0.2) is 42.1 Å². The number of sulfone groups is 1. The van der Waals surface area contributed by atoms with Crippen molar-refractivity contribution in [3.63, 3.8) is 0 Å². The number of aromatic nitrogens is 2. The van der Waals surface area contributed by atoms with Crippen molar-refractivity contribution in [3.8, 4) is 23.1 Å². The minimum Gasteiger partial charge on any atom is -0.492 e. The molecule has 10 nitrogen and oxygen atoms in total. The van der Waals surface area contributed by atoms with Crippen molar-refractivity contribution in [3.05, 3.63) is 106 Å². The highest BCUT2D eigenvalue weighted by Gasteiger charge is 2.39. The number of nitriles is 1. The molecule has 1 fully saturated rings. The number of benzene rings is 3. The van der Waals surface area contributed by atoms with Gasteiger partial charge in [-0.1, -0.05) is 42.5 Å². The van der Waals surface area contributed by atoms with Crippen LogP contribution in [-0.2, 0) is 21.2 Å². The van der Waals surface area contributed by atoms with Crippen molar-refractivity contribution in [1.82, 2.24) is 14.9 Å². The summed E-state index contributed by atoms with van der Waals surface area (Å²) < 4.78 is 35.0. The Balaban J connectivity index is 1.64. The van der Waals surface area contributed by atoms with Crippen LogP contribution in [0.4, 0.5) is 0 Å². The maximum Gasteiger partial charge on any atom is 0.277 e. The number of nitrogens with one attached hydrogen (secondary N) is 1. The normalized spacial score (nSPS) is 13.8. The molecule has 226 valence electrons. The molecule has 3 aromatic carbocycles. The van der Waals surface area contributed by atoms with E-state index in [1.54, 1.807) is 60.7 Å². The topological polar surface area (TPSA) is 151 Å². The Kier molecular flexibility index (Phi) is 8.67. The maximum atomic E-state index is 14.2. The summed E-state index contributed by atoms with van der Waals surface area (Å²) in [4.78, 5) is 29.8. The highest BCUT2D eigenvalue weighted by atomic mass is 32.2. The van der Waals surface area contributed by atoms with Gasteiger partial charge < -0.3 is 15.2 Å². The van der Waals surface area contributed by atoms with E-state index in [9.17, 15) is 28.4 Å². The summed E-state index contributed by atoms with van der Waals surface area (Å²) in [5.74, 6) is -1.12. The molecule has 1 atom stereocenters. The van der Waals surface area contributed by atoms with E-state index in [1.807, 2.05) is 13.8 Å². The number of amides is 1. The highest BCUT2D eigenvalue weighted by molar-refractivity contribution is 7.91. The number of aromatic hydroxyl groups is 1. The van der Waals surface area contributed by atoms with E-state index in [-0.39, 0.29) is 35.3 Å². The lowest BCUT2D eigenvalue weighted by atomic mass is 9.99. The number of ether oxygens (including phenoxy) is 1. The molecule has 0 radical (unpaired) electrons. The summed E-state index contributed by atoms with van der Waals surface area (Å²) in [6.45, 7) is 3.49. The lowest BCUT2D eigenvalue weighted by Gasteiger charge is -2.25. The summed E-state index contributed by atoms with van der Waals surface area (Å²) in [6.07, 6.45) is 1.36. The molecular formula is C33H32N4O6S. The minimum atomic E-state index is -4.55. The molecule has 0 aliphatic heterocycles. The van der Waals surface area contributed by atoms with Gasteiger partial charge >= 0.3 is 0 Å². The molecule has 4 aromatic rings. The Morgan fingerprint density at radius 3 is 2.45 bits per heavy atom. The molecule has 0 spiro atoms. The summed E-state index contributed by atoms with van der Waals surface area (Å²) in [5, 5.41) is 23.1. The molecule has 5 rings (SSSR count). The largest absolute Gasteiger partial charge is 0.492 e. The molecule has 44 heavy (non-hydrogen) atoms. The van der Waals surface area contributed by atoms with Crippen LogP contribution in [0.5, 0.6) is 5.88 Å². The molecule has 1 aliphatic rings. The van der Waals surface area contributed by atoms with Gasteiger partial charge in [-0.25, -0.2) is 8.42 Å². The smallest absolute Gasteiger partial charge is 0.277 e. The van der Waals surface area contributed by atoms with Gasteiger partial charge in [0.2, 0.25) is 15.7 Å². The fourth-order valence-electron chi connectivity index (χ4n) is 5.25. The Hall–Kier alpha value is -4.79. The first-order valence-corrected chi connectivity index (χ1v) is 15.7. The second kappa shape index (κ2) is 12.4. The number of hydrogen-bond acceptors (Lipinski definition) is 8. The third-order valence-electron chi connectivity index (χ3n) is 7.52. The van der Waals surface area contributed by atoms with Gasteiger partial charge in [-0.3, -0.25) is 14.2 Å². The third-order valence-corrected chi connectivity index (χ3v) is 9.31. The number of hydrogen-bond donors (Lipinski definition) is 2. The van der Waals surface area contributed by atoms with Gasteiger partial charge in [-0.15, -0.1) is 0 Å². The first kappa shape index (κ1) is 30.7. The molecule has 1 heterocycles. The summed E-state index contributed by atoms with van der Waals surface area (Å²) in [6, 6.07) is 21.0. The number of nitrogens with zero attached hydrogens (tertiary/aromatic N) is 3.